The van der Waals surface area contributed by atoms with Gasteiger partial charge in [0.15, 0.2) is 0 Å². The first-order chi connectivity index (χ1) is 9.58. The minimum atomic E-state index is -0.512. The van der Waals surface area contributed by atoms with Gasteiger partial charge in [0.1, 0.15) is 17.6 Å². The third kappa shape index (κ3) is 5.39. The predicted molar refractivity (Wildman–Crippen MR) is 81.4 cm³/mol. The van der Waals surface area contributed by atoms with Crippen LogP contribution in [0.15, 0.2) is 18.2 Å². The fraction of sp³-hybridized carbons (Fsp3) is 0.625. The molecule has 0 amide bonds. The smallest absolute Gasteiger partial charge is 0.128 e. The number of hydrogen-bond donors (Lipinski definition) is 2. The number of hydrogen-bond acceptors (Lipinski definition) is 4. The predicted octanol–water partition coefficient (Wildman–Crippen LogP) is 2.73. The molecule has 0 bridgehead atoms. The molecule has 0 saturated carbocycles. The van der Waals surface area contributed by atoms with E-state index in [2.05, 4.69) is 19.2 Å². The molecular formula is C16H27NO3. The van der Waals surface area contributed by atoms with Crippen LogP contribution in [0.2, 0.25) is 0 Å². The second-order valence-electron chi connectivity index (χ2n) is 4.96. The summed E-state index contributed by atoms with van der Waals surface area (Å²) in [5, 5.41) is 12.9. The Morgan fingerprint density at radius 2 is 2.00 bits per heavy atom. The van der Waals surface area contributed by atoms with Gasteiger partial charge in [-0.2, -0.15) is 0 Å². The zero-order chi connectivity index (χ0) is 15.0. The van der Waals surface area contributed by atoms with Crippen molar-refractivity contribution >= 4 is 0 Å². The molecule has 0 spiro atoms. The van der Waals surface area contributed by atoms with E-state index in [4.69, 9.17) is 9.47 Å². The maximum Gasteiger partial charge on any atom is 0.128 e. The Morgan fingerprint density at radius 3 is 2.60 bits per heavy atom. The topological polar surface area (TPSA) is 50.7 Å². The number of benzene rings is 1. The first-order valence-electron chi connectivity index (χ1n) is 7.39. The van der Waals surface area contributed by atoms with Crippen molar-refractivity contribution in [1.29, 1.82) is 0 Å². The van der Waals surface area contributed by atoms with Gasteiger partial charge >= 0.3 is 0 Å². The highest BCUT2D eigenvalue weighted by Crippen LogP contribution is 2.26. The number of rotatable bonds is 9. The molecule has 0 aliphatic carbocycles. The Kier molecular flexibility index (Phi) is 7.41. The lowest BCUT2D eigenvalue weighted by molar-refractivity contribution is 0.0595. The number of aliphatic hydroxyl groups excluding tert-OH is 1. The third-order valence-electron chi connectivity index (χ3n) is 3.07. The number of nitrogens with one attached hydrogen (secondary N) is 1. The molecule has 0 saturated heterocycles. The zero-order valence-electron chi connectivity index (χ0n) is 13.0. The maximum atomic E-state index is 9.59. The zero-order valence-corrected chi connectivity index (χ0v) is 13.0. The molecule has 2 atom stereocenters. The fourth-order valence-electron chi connectivity index (χ4n) is 1.66. The summed E-state index contributed by atoms with van der Waals surface area (Å²) < 4.78 is 11.5. The van der Waals surface area contributed by atoms with Crippen LogP contribution in [0.3, 0.4) is 0 Å². The van der Waals surface area contributed by atoms with Crippen LogP contribution in [0.1, 0.15) is 39.7 Å². The minimum absolute atomic E-state index is 0.253. The molecule has 0 aromatic heterocycles. The standard InChI is InChI=1S/C16H27NO3/c1-5-9-19-15-8-7-14(11-17-6-2)16(10-15)20-13(4)12(3)18/h7-8,10,12-13,17-18H,5-6,9,11H2,1-4H3. The molecule has 0 radical (unpaired) electrons. The Labute approximate surface area is 122 Å². The maximum absolute atomic E-state index is 9.59. The quantitative estimate of drug-likeness (QED) is 0.731. The molecule has 2 N–H and O–H groups in total. The van der Waals surface area contributed by atoms with Crippen LogP contribution in [0.4, 0.5) is 0 Å². The van der Waals surface area contributed by atoms with Crippen LogP contribution >= 0.6 is 0 Å². The van der Waals surface area contributed by atoms with Gasteiger partial charge in [-0.15, -0.1) is 0 Å². The molecule has 20 heavy (non-hydrogen) atoms. The second kappa shape index (κ2) is 8.82. The molecule has 1 rings (SSSR count). The van der Waals surface area contributed by atoms with Crippen molar-refractivity contribution in [2.24, 2.45) is 0 Å². The summed E-state index contributed by atoms with van der Waals surface area (Å²) >= 11 is 0. The summed E-state index contributed by atoms with van der Waals surface area (Å²) in [4.78, 5) is 0. The Morgan fingerprint density at radius 1 is 1.25 bits per heavy atom. The van der Waals surface area contributed by atoms with Gasteiger partial charge in [0.25, 0.3) is 0 Å². The van der Waals surface area contributed by atoms with Crippen LogP contribution in [-0.4, -0.2) is 30.5 Å². The first-order valence-corrected chi connectivity index (χ1v) is 7.39. The van der Waals surface area contributed by atoms with Crippen LogP contribution < -0.4 is 14.8 Å². The lowest BCUT2D eigenvalue weighted by Gasteiger charge is -2.20. The molecule has 1 aromatic rings. The Balaban J connectivity index is 2.87. The molecule has 0 fully saturated rings. The Bertz CT molecular complexity index is 393. The average Bonchev–Trinajstić information content (AvgIpc) is 2.43. The minimum Gasteiger partial charge on any atom is -0.493 e. The number of aliphatic hydroxyl groups is 1. The molecule has 0 aliphatic heterocycles. The third-order valence-corrected chi connectivity index (χ3v) is 3.07. The van der Waals surface area contributed by atoms with E-state index in [-0.39, 0.29) is 6.10 Å². The van der Waals surface area contributed by atoms with Gasteiger partial charge < -0.3 is 19.9 Å². The summed E-state index contributed by atoms with van der Waals surface area (Å²) in [6, 6.07) is 5.88. The summed E-state index contributed by atoms with van der Waals surface area (Å²) in [6.07, 6.45) is 0.207. The van der Waals surface area contributed by atoms with Gasteiger partial charge in [-0.25, -0.2) is 0 Å². The van der Waals surface area contributed by atoms with Crippen molar-refractivity contribution in [3.8, 4) is 11.5 Å². The highest BCUT2D eigenvalue weighted by molar-refractivity contribution is 5.41. The molecular weight excluding hydrogens is 254 g/mol. The van der Waals surface area contributed by atoms with Crippen molar-refractivity contribution in [3.63, 3.8) is 0 Å². The summed E-state index contributed by atoms with van der Waals surface area (Å²) in [5.74, 6) is 1.58. The van der Waals surface area contributed by atoms with E-state index in [1.54, 1.807) is 6.92 Å². The van der Waals surface area contributed by atoms with E-state index in [0.717, 1.165) is 36.6 Å². The van der Waals surface area contributed by atoms with Crippen LogP contribution in [0, 0.1) is 0 Å². The van der Waals surface area contributed by atoms with Gasteiger partial charge in [-0.05, 0) is 32.9 Å². The molecule has 0 heterocycles. The van der Waals surface area contributed by atoms with Gasteiger partial charge in [0, 0.05) is 18.2 Å². The van der Waals surface area contributed by atoms with Crippen LogP contribution in [-0.2, 0) is 6.54 Å². The van der Waals surface area contributed by atoms with Crippen molar-refractivity contribution in [1.82, 2.24) is 5.32 Å². The lowest BCUT2D eigenvalue weighted by atomic mass is 10.1. The van der Waals surface area contributed by atoms with Gasteiger partial charge in [-0.1, -0.05) is 19.9 Å². The van der Waals surface area contributed by atoms with Crippen molar-refractivity contribution < 1.29 is 14.6 Å². The van der Waals surface area contributed by atoms with E-state index in [1.165, 1.54) is 0 Å². The summed E-state index contributed by atoms with van der Waals surface area (Å²) in [6.45, 7) is 10.1. The van der Waals surface area contributed by atoms with Crippen LogP contribution in [0.25, 0.3) is 0 Å². The van der Waals surface area contributed by atoms with Gasteiger partial charge in [0.05, 0.1) is 12.7 Å². The van der Waals surface area contributed by atoms with E-state index in [0.29, 0.717) is 6.61 Å². The van der Waals surface area contributed by atoms with Crippen LogP contribution in [0.5, 0.6) is 11.5 Å². The molecule has 114 valence electrons. The van der Waals surface area contributed by atoms with Crippen molar-refractivity contribution in [2.45, 2.75) is 52.9 Å². The highest BCUT2D eigenvalue weighted by Gasteiger charge is 2.14. The van der Waals surface area contributed by atoms with E-state index in [1.807, 2.05) is 25.1 Å². The monoisotopic (exact) mass is 281 g/mol. The molecule has 1 aromatic carbocycles. The lowest BCUT2D eigenvalue weighted by Crippen LogP contribution is -2.26. The van der Waals surface area contributed by atoms with E-state index < -0.39 is 6.10 Å². The van der Waals surface area contributed by atoms with E-state index >= 15 is 0 Å². The Hall–Kier alpha value is -1.26. The highest BCUT2D eigenvalue weighted by atomic mass is 16.5. The number of ether oxygens (including phenoxy) is 2. The van der Waals surface area contributed by atoms with Gasteiger partial charge in [-0.3, -0.25) is 0 Å². The first kappa shape index (κ1) is 16.8. The van der Waals surface area contributed by atoms with Crippen molar-refractivity contribution in [2.75, 3.05) is 13.2 Å². The molecule has 2 unspecified atom stereocenters. The SMILES string of the molecule is CCCOc1ccc(CNCC)c(OC(C)C(C)O)c1. The molecule has 4 nitrogen and oxygen atoms in total. The average molecular weight is 281 g/mol. The summed E-state index contributed by atoms with van der Waals surface area (Å²) in [7, 11) is 0. The van der Waals surface area contributed by atoms with E-state index in [9.17, 15) is 5.11 Å². The van der Waals surface area contributed by atoms with Gasteiger partial charge in [0.2, 0.25) is 0 Å². The second-order valence-corrected chi connectivity index (χ2v) is 4.96. The largest absolute Gasteiger partial charge is 0.493 e. The molecule has 4 heteroatoms. The summed E-state index contributed by atoms with van der Waals surface area (Å²) in [5.41, 5.74) is 1.07. The van der Waals surface area contributed by atoms with Crippen molar-refractivity contribution in [3.05, 3.63) is 23.8 Å². The molecule has 0 aliphatic rings. The fourth-order valence-corrected chi connectivity index (χ4v) is 1.66. The normalized spacial score (nSPS) is 13.8.